The van der Waals surface area contributed by atoms with Crippen LogP contribution in [0.4, 0.5) is 5.69 Å². The number of amides is 1. The fourth-order valence-corrected chi connectivity index (χ4v) is 5.52. The molecule has 6 nitrogen and oxygen atoms in total. The van der Waals surface area contributed by atoms with Crippen molar-refractivity contribution in [3.05, 3.63) is 89.5 Å². The molecule has 1 aliphatic heterocycles. The Balaban J connectivity index is 1.60. The lowest BCUT2D eigenvalue weighted by atomic mass is 9.91. The number of nitrogens with one attached hydrogen (secondary N) is 1. The molecular weight excluding hydrogens is 569 g/mol. The standard InChI is InChI=1S/C28H28Cl3NO5S/c1-17-23(16-38-24-9-4-3-8-22(24)35-2)36-26(37-25(17)19-12-10-18(15-33)11-13-19)20-6-5-7-21(14-20)32-27(34)28(29,30)31/h3-14,17,23,25-26,33H,15-16H2,1-2H3,(H,32,34)/t17-,23+,25+,26+/m1/s1. The number of anilines is 1. The second kappa shape index (κ2) is 12.9. The van der Waals surface area contributed by atoms with Gasteiger partial charge >= 0.3 is 0 Å². The van der Waals surface area contributed by atoms with Crippen LogP contribution in [0.15, 0.2) is 77.7 Å². The van der Waals surface area contributed by atoms with Gasteiger partial charge in [-0.25, -0.2) is 0 Å². The van der Waals surface area contributed by atoms with Crippen LogP contribution < -0.4 is 10.1 Å². The van der Waals surface area contributed by atoms with Crippen LogP contribution in [0.25, 0.3) is 0 Å². The third kappa shape index (κ3) is 7.16. The van der Waals surface area contributed by atoms with E-state index in [1.54, 1.807) is 37.1 Å². The molecule has 10 heteroatoms. The van der Waals surface area contributed by atoms with E-state index in [0.717, 1.165) is 21.8 Å². The van der Waals surface area contributed by atoms with Crippen molar-refractivity contribution in [3.8, 4) is 5.75 Å². The van der Waals surface area contributed by atoms with Gasteiger partial charge in [0, 0.05) is 27.8 Å². The van der Waals surface area contributed by atoms with E-state index in [1.807, 2.05) is 54.6 Å². The van der Waals surface area contributed by atoms with Gasteiger partial charge in [0.25, 0.3) is 9.70 Å². The highest BCUT2D eigenvalue weighted by Crippen LogP contribution is 2.44. The Hall–Kier alpha value is -1.97. The number of hydrogen-bond acceptors (Lipinski definition) is 6. The van der Waals surface area contributed by atoms with Gasteiger partial charge in [-0.1, -0.05) is 90.3 Å². The first kappa shape index (κ1) is 29.0. The second-order valence-corrected chi connectivity index (χ2v) is 12.2. The minimum absolute atomic E-state index is 0.0145. The zero-order valence-corrected chi connectivity index (χ0v) is 23.9. The van der Waals surface area contributed by atoms with Gasteiger partial charge in [0.1, 0.15) is 5.75 Å². The third-order valence-electron chi connectivity index (χ3n) is 6.27. The Morgan fingerprint density at radius 2 is 1.76 bits per heavy atom. The lowest BCUT2D eigenvalue weighted by molar-refractivity contribution is -0.268. The number of methoxy groups -OCH3 is 1. The number of carbonyl (C=O) groups is 1. The predicted molar refractivity (Wildman–Crippen MR) is 152 cm³/mol. The molecule has 1 saturated heterocycles. The summed E-state index contributed by atoms with van der Waals surface area (Å²) >= 11 is 18.8. The Kier molecular flexibility index (Phi) is 9.87. The Morgan fingerprint density at radius 3 is 2.45 bits per heavy atom. The highest BCUT2D eigenvalue weighted by Gasteiger charge is 2.38. The molecule has 3 aromatic carbocycles. The van der Waals surface area contributed by atoms with E-state index in [9.17, 15) is 9.90 Å². The van der Waals surface area contributed by atoms with E-state index >= 15 is 0 Å². The van der Waals surface area contributed by atoms with Gasteiger partial charge in [-0.3, -0.25) is 4.79 Å². The van der Waals surface area contributed by atoms with Gasteiger partial charge in [0.05, 0.1) is 25.9 Å². The zero-order valence-electron chi connectivity index (χ0n) is 20.8. The van der Waals surface area contributed by atoms with Crippen molar-refractivity contribution >= 4 is 58.2 Å². The van der Waals surface area contributed by atoms with Gasteiger partial charge in [-0.15, -0.1) is 11.8 Å². The van der Waals surface area contributed by atoms with Crippen LogP contribution in [0.1, 0.15) is 36.0 Å². The molecule has 1 aliphatic rings. The molecule has 0 spiro atoms. The van der Waals surface area contributed by atoms with E-state index in [1.165, 1.54) is 0 Å². The summed E-state index contributed by atoms with van der Waals surface area (Å²) in [5.41, 5.74) is 2.97. The monoisotopic (exact) mass is 595 g/mol. The van der Waals surface area contributed by atoms with Crippen LogP contribution in [-0.4, -0.2) is 33.8 Å². The number of hydrogen-bond donors (Lipinski definition) is 2. The van der Waals surface area contributed by atoms with Crippen LogP contribution >= 0.6 is 46.6 Å². The fourth-order valence-electron chi connectivity index (χ4n) is 4.18. The van der Waals surface area contributed by atoms with Crippen molar-refractivity contribution in [2.24, 2.45) is 5.92 Å². The topological polar surface area (TPSA) is 77.0 Å². The Labute approximate surface area is 241 Å². The van der Waals surface area contributed by atoms with Gasteiger partial charge < -0.3 is 24.6 Å². The molecule has 2 N–H and O–H groups in total. The maximum Gasteiger partial charge on any atom is 0.276 e. The number of carbonyl (C=O) groups excluding carboxylic acids is 1. The second-order valence-electron chi connectivity index (χ2n) is 8.86. The Morgan fingerprint density at radius 1 is 1.03 bits per heavy atom. The summed E-state index contributed by atoms with van der Waals surface area (Å²) < 4.78 is 16.4. The van der Waals surface area contributed by atoms with Crippen LogP contribution in [0.2, 0.25) is 0 Å². The lowest BCUT2D eigenvalue weighted by Crippen LogP contribution is -2.38. The highest BCUT2D eigenvalue weighted by molar-refractivity contribution is 7.99. The van der Waals surface area contributed by atoms with E-state index in [2.05, 4.69) is 12.2 Å². The molecule has 1 heterocycles. The average Bonchev–Trinajstić information content (AvgIpc) is 2.92. The predicted octanol–water partition coefficient (Wildman–Crippen LogP) is 7.08. The van der Waals surface area contributed by atoms with Crippen molar-refractivity contribution in [1.82, 2.24) is 0 Å². The van der Waals surface area contributed by atoms with Crippen molar-refractivity contribution in [1.29, 1.82) is 0 Å². The first-order valence-electron chi connectivity index (χ1n) is 11.9. The molecule has 0 bridgehead atoms. The summed E-state index contributed by atoms with van der Waals surface area (Å²) in [7, 11) is 1.66. The number of ether oxygens (including phenoxy) is 3. The van der Waals surface area contributed by atoms with E-state index in [-0.39, 0.29) is 24.7 Å². The molecule has 0 aliphatic carbocycles. The van der Waals surface area contributed by atoms with Crippen LogP contribution in [0.3, 0.4) is 0 Å². The molecule has 1 amide bonds. The smallest absolute Gasteiger partial charge is 0.276 e. The van der Waals surface area contributed by atoms with E-state index in [4.69, 9.17) is 49.0 Å². The van der Waals surface area contributed by atoms with Gasteiger partial charge in [-0.05, 0) is 35.4 Å². The SMILES string of the molecule is COc1ccccc1SC[C@@H]1O[C@H](c2cccc(NC(=O)C(Cl)(Cl)Cl)c2)O[C@H](c2ccc(CO)cc2)[C@@H]1C. The van der Waals surface area contributed by atoms with Gasteiger partial charge in [0.2, 0.25) is 0 Å². The molecular formula is C28H28Cl3NO5S. The zero-order chi connectivity index (χ0) is 27.3. The lowest BCUT2D eigenvalue weighted by Gasteiger charge is -2.41. The first-order valence-corrected chi connectivity index (χ1v) is 14.1. The number of aliphatic hydroxyl groups excluding tert-OH is 1. The quantitative estimate of drug-likeness (QED) is 0.214. The van der Waals surface area contributed by atoms with Crippen LogP contribution in [0.5, 0.6) is 5.75 Å². The number of benzene rings is 3. The molecule has 4 rings (SSSR count). The molecule has 202 valence electrons. The first-order chi connectivity index (χ1) is 18.2. The number of thioether (sulfide) groups is 1. The summed E-state index contributed by atoms with van der Waals surface area (Å²) in [4.78, 5) is 13.2. The van der Waals surface area contributed by atoms with E-state index < -0.39 is 16.0 Å². The average molecular weight is 597 g/mol. The summed E-state index contributed by atoms with van der Waals surface area (Å²) in [5, 5.41) is 12.1. The largest absolute Gasteiger partial charge is 0.496 e. The van der Waals surface area contributed by atoms with Crippen LogP contribution in [-0.2, 0) is 20.9 Å². The van der Waals surface area contributed by atoms with Crippen molar-refractivity contribution < 1.29 is 24.1 Å². The fraction of sp³-hybridized carbons (Fsp3) is 0.321. The van der Waals surface area contributed by atoms with E-state index in [0.29, 0.717) is 17.0 Å². The maximum absolute atomic E-state index is 12.2. The number of aliphatic hydroxyl groups is 1. The summed E-state index contributed by atoms with van der Waals surface area (Å²) in [6, 6.07) is 22.7. The molecule has 0 radical (unpaired) electrons. The minimum Gasteiger partial charge on any atom is -0.496 e. The number of halogens is 3. The van der Waals surface area contributed by atoms with Crippen molar-refractivity contribution in [2.45, 2.75) is 40.7 Å². The molecule has 0 aromatic heterocycles. The number of para-hydroxylation sites is 1. The molecule has 38 heavy (non-hydrogen) atoms. The summed E-state index contributed by atoms with van der Waals surface area (Å²) in [5.74, 6) is 0.728. The van der Waals surface area contributed by atoms with Crippen LogP contribution in [0, 0.1) is 5.92 Å². The third-order valence-corrected chi connectivity index (χ3v) is 7.93. The number of rotatable bonds is 8. The van der Waals surface area contributed by atoms with Crippen molar-refractivity contribution in [2.75, 3.05) is 18.2 Å². The van der Waals surface area contributed by atoms with Gasteiger partial charge in [0.15, 0.2) is 6.29 Å². The summed E-state index contributed by atoms with van der Waals surface area (Å²) in [6.45, 7) is 2.07. The molecule has 0 unspecified atom stereocenters. The maximum atomic E-state index is 12.2. The molecule has 0 saturated carbocycles. The van der Waals surface area contributed by atoms with Crippen molar-refractivity contribution in [3.63, 3.8) is 0 Å². The normalized spacial score (nSPS) is 21.6. The summed E-state index contributed by atoms with van der Waals surface area (Å²) in [6.07, 6.45) is -1.16. The number of alkyl halides is 3. The molecule has 4 atom stereocenters. The minimum atomic E-state index is -2.09. The molecule has 3 aromatic rings. The Bertz CT molecular complexity index is 1240. The van der Waals surface area contributed by atoms with Gasteiger partial charge in [-0.2, -0.15) is 0 Å². The molecule has 1 fully saturated rings. The highest BCUT2D eigenvalue weighted by atomic mass is 35.6.